The second kappa shape index (κ2) is 7.82. The van der Waals surface area contributed by atoms with E-state index < -0.39 is 5.41 Å². The maximum Gasteiger partial charge on any atom is 0.312 e. The number of benzene rings is 1. The fourth-order valence-electron chi connectivity index (χ4n) is 6.00. The highest BCUT2D eigenvalue weighted by molar-refractivity contribution is 6.24. The predicted molar refractivity (Wildman–Crippen MR) is 111 cm³/mol. The minimum atomic E-state index is -0.472. The zero-order valence-corrected chi connectivity index (χ0v) is 18.0. The van der Waals surface area contributed by atoms with E-state index in [2.05, 4.69) is 0 Å². The Morgan fingerprint density at radius 3 is 2.38 bits per heavy atom. The van der Waals surface area contributed by atoms with Gasteiger partial charge in [0.2, 0.25) is 0 Å². The lowest BCUT2D eigenvalue weighted by molar-refractivity contribution is -0.173. The van der Waals surface area contributed by atoms with Crippen LogP contribution in [0.2, 0.25) is 0 Å². The van der Waals surface area contributed by atoms with Crippen LogP contribution in [0.25, 0.3) is 0 Å². The van der Waals surface area contributed by atoms with Gasteiger partial charge in [-0.1, -0.05) is 12.1 Å². The first-order valence-electron chi connectivity index (χ1n) is 10.6. The molecule has 5 nitrogen and oxygen atoms in total. The van der Waals surface area contributed by atoms with Gasteiger partial charge in [-0.15, -0.1) is 11.6 Å². The van der Waals surface area contributed by atoms with Crippen LogP contribution in [0, 0.1) is 17.3 Å². The van der Waals surface area contributed by atoms with Gasteiger partial charge in [0.05, 0.1) is 12.0 Å². The van der Waals surface area contributed by atoms with E-state index in [0.29, 0.717) is 31.4 Å². The monoisotopic (exact) mass is 419 g/mol. The summed E-state index contributed by atoms with van der Waals surface area (Å²) >= 11 is 6.81. The third kappa shape index (κ3) is 4.25. The highest BCUT2D eigenvalue weighted by Crippen LogP contribution is 2.64. The molecule has 0 aromatic heterocycles. The van der Waals surface area contributed by atoms with Crippen molar-refractivity contribution in [2.24, 2.45) is 17.3 Å². The number of amides is 1. The molecule has 0 spiro atoms. The largest absolute Gasteiger partial charge is 0.494 e. The summed E-state index contributed by atoms with van der Waals surface area (Å²) in [6, 6.07) is 7.67. The Kier molecular flexibility index (Phi) is 5.54. The van der Waals surface area contributed by atoms with Crippen LogP contribution in [0.5, 0.6) is 5.75 Å². The molecule has 158 valence electrons. The fourth-order valence-corrected chi connectivity index (χ4v) is 6.69. The second-order valence-electron chi connectivity index (χ2n) is 9.30. The van der Waals surface area contributed by atoms with Crippen LogP contribution in [0.4, 0.5) is 0 Å². The molecule has 0 aliphatic heterocycles. The van der Waals surface area contributed by atoms with Gasteiger partial charge in [-0.3, -0.25) is 9.59 Å². The Bertz CT molecular complexity index is 764. The molecule has 4 aliphatic carbocycles. The van der Waals surface area contributed by atoms with Gasteiger partial charge >= 0.3 is 5.97 Å². The number of esters is 1. The van der Waals surface area contributed by atoms with Crippen molar-refractivity contribution >= 4 is 23.5 Å². The van der Waals surface area contributed by atoms with Crippen molar-refractivity contribution in [3.05, 3.63) is 29.8 Å². The van der Waals surface area contributed by atoms with Crippen molar-refractivity contribution in [3.8, 4) is 5.75 Å². The molecule has 6 heteroatoms. The Hall–Kier alpha value is -1.75. The number of rotatable bonds is 7. The number of hydrogen-bond donors (Lipinski definition) is 0. The summed E-state index contributed by atoms with van der Waals surface area (Å²) in [6.45, 7) is 2.82. The quantitative estimate of drug-likeness (QED) is 0.491. The number of alkyl halides is 1. The lowest BCUT2D eigenvalue weighted by Crippen LogP contribution is -2.56. The maximum absolute atomic E-state index is 13.0. The lowest BCUT2D eigenvalue weighted by Gasteiger charge is -2.58. The Balaban J connectivity index is 1.30. The normalized spacial score (nSPS) is 32.1. The highest BCUT2D eigenvalue weighted by Gasteiger charge is 2.60. The first-order chi connectivity index (χ1) is 13.8. The Morgan fingerprint density at radius 2 is 1.79 bits per heavy atom. The third-order valence-corrected chi connectivity index (χ3v) is 7.27. The van der Waals surface area contributed by atoms with Crippen LogP contribution in [-0.2, 0) is 20.9 Å². The number of carbonyl (C=O) groups excluding carboxylic acids is 2. The van der Waals surface area contributed by atoms with Crippen molar-refractivity contribution in [1.82, 2.24) is 4.90 Å². The molecule has 4 atom stereocenters. The summed E-state index contributed by atoms with van der Waals surface area (Å²) in [5, 5.41) is 0. The minimum Gasteiger partial charge on any atom is -0.494 e. The number of halogens is 1. The summed E-state index contributed by atoms with van der Waals surface area (Å²) in [5.41, 5.74) is 0.528. The molecule has 4 bridgehead atoms. The molecule has 1 aromatic carbocycles. The molecule has 0 saturated heterocycles. The van der Waals surface area contributed by atoms with E-state index in [9.17, 15) is 9.59 Å². The van der Waals surface area contributed by atoms with E-state index in [4.69, 9.17) is 21.1 Å². The van der Waals surface area contributed by atoms with E-state index in [1.807, 2.05) is 31.2 Å². The molecule has 5 rings (SSSR count). The topological polar surface area (TPSA) is 55.8 Å². The summed E-state index contributed by atoms with van der Waals surface area (Å²) in [5.74, 6) is 1.45. The number of likely N-dealkylation sites (N-methyl/N-ethyl adjacent to an activating group) is 1. The third-order valence-electron chi connectivity index (χ3n) is 6.83. The summed E-state index contributed by atoms with van der Waals surface area (Å²) in [7, 11) is 1.73. The molecule has 1 amide bonds. The summed E-state index contributed by atoms with van der Waals surface area (Å²) in [6.07, 6.45) is 5.66. The molecule has 1 aromatic rings. The van der Waals surface area contributed by atoms with Gasteiger partial charge < -0.3 is 14.4 Å². The molecule has 4 fully saturated rings. The van der Waals surface area contributed by atoms with Crippen molar-refractivity contribution < 1.29 is 19.1 Å². The van der Waals surface area contributed by atoms with Crippen LogP contribution in [0.15, 0.2) is 24.3 Å². The molecule has 0 radical (unpaired) electrons. The Labute approximate surface area is 177 Å². The number of hydrogen-bond acceptors (Lipinski definition) is 4. The van der Waals surface area contributed by atoms with Crippen molar-refractivity contribution in [3.63, 3.8) is 0 Å². The van der Waals surface area contributed by atoms with Crippen LogP contribution in [-0.4, -0.2) is 41.9 Å². The molecule has 0 N–H and O–H groups in total. The van der Waals surface area contributed by atoms with Crippen molar-refractivity contribution in [2.75, 3.05) is 20.3 Å². The van der Waals surface area contributed by atoms with Crippen LogP contribution >= 0.6 is 11.6 Å². The highest BCUT2D eigenvalue weighted by atomic mass is 35.5. The van der Waals surface area contributed by atoms with Crippen molar-refractivity contribution in [1.29, 1.82) is 0 Å². The van der Waals surface area contributed by atoms with Gasteiger partial charge in [0.15, 0.2) is 6.61 Å². The summed E-state index contributed by atoms with van der Waals surface area (Å²) < 4.78 is 11.0. The smallest absolute Gasteiger partial charge is 0.312 e. The van der Waals surface area contributed by atoms with Gasteiger partial charge in [-0.05, 0) is 75.0 Å². The van der Waals surface area contributed by atoms with E-state index in [1.165, 1.54) is 6.42 Å². The van der Waals surface area contributed by atoms with Gasteiger partial charge in [-0.25, -0.2) is 0 Å². The van der Waals surface area contributed by atoms with Crippen LogP contribution < -0.4 is 4.74 Å². The number of carbonyl (C=O) groups is 2. The first kappa shape index (κ1) is 20.5. The zero-order chi connectivity index (χ0) is 20.6. The standard InChI is InChI=1S/C23H30ClNO4/c1-3-28-19-6-4-16(5-7-19)13-25(2)20(26)14-29-21(27)22-9-17-8-18(10-22)12-23(24,11-17)15-22/h4-7,17-18H,3,8-15H2,1-2H3/t17-,18+,22?,23?. The molecule has 4 aliphatic rings. The van der Waals surface area contributed by atoms with Crippen LogP contribution in [0.1, 0.15) is 51.0 Å². The van der Waals surface area contributed by atoms with Gasteiger partial charge in [0.1, 0.15) is 5.75 Å². The molecule has 0 heterocycles. The average Bonchev–Trinajstić information content (AvgIpc) is 2.65. The van der Waals surface area contributed by atoms with Gasteiger partial charge in [0, 0.05) is 18.5 Å². The fraction of sp³-hybridized carbons (Fsp3) is 0.652. The molecule has 29 heavy (non-hydrogen) atoms. The van der Waals surface area contributed by atoms with Gasteiger partial charge in [-0.2, -0.15) is 0 Å². The zero-order valence-electron chi connectivity index (χ0n) is 17.3. The number of nitrogens with zero attached hydrogens (tertiary/aromatic N) is 1. The minimum absolute atomic E-state index is 0.197. The molecular weight excluding hydrogens is 390 g/mol. The summed E-state index contributed by atoms with van der Waals surface area (Å²) in [4.78, 5) is 26.8. The predicted octanol–water partition coefficient (Wildman–Crippen LogP) is 4.16. The van der Waals surface area contributed by atoms with Crippen LogP contribution in [0.3, 0.4) is 0 Å². The Morgan fingerprint density at radius 1 is 1.14 bits per heavy atom. The molecular formula is C23H30ClNO4. The molecule has 2 unspecified atom stereocenters. The SMILES string of the molecule is CCOc1ccc(CN(C)C(=O)COC(=O)C23C[C@@H]4C[C@@H](CC(Cl)(C4)C2)C3)cc1. The van der Waals surface area contributed by atoms with Gasteiger partial charge in [0.25, 0.3) is 5.91 Å². The lowest BCUT2D eigenvalue weighted by atomic mass is 9.49. The van der Waals surface area contributed by atoms with E-state index >= 15 is 0 Å². The average molecular weight is 420 g/mol. The molecule has 4 saturated carbocycles. The maximum atomic E-state index is 13.0. The number of ether oxygens (including phenoxy) is 2. The van der Waals surface area contributed by atoms with E-state index in [0.717, 1.165) is 37.0 Å². The first-order valence-corrected chi connectivity index (χ1v) is 11.0. The van der Waals surface area contributed by atoms with Crippen molar-refractivity contribution in [2.45, 2.75) is 56.9 Å². The van der Waals surface area contributed by atoms with E-state index in [1.54, 1.807) is 11.9 Å². The second-order valence-corrected chi connectivity index (χ2v) is 10.1. The van der Waals surface area contributed by atoms with E-state index in [-0.39, 0.29) is 23.4 Å².